The molecule has 1 aromatic heterocycles. The first kappa shape index (κ1) is 16.6. The van der Waals surface area contributed by atoms with Gasteiger partial charge in [-0.25, -0.2) is 9.59 Å². The molecule has 0 aliphatic heterocycles. The van der Waals surface area contributed by atoms with Crippen LogP contribution in [0.3, 0.4) is 0 Å². The highest BCUT2D eigenvalue weighted by molar-refractivity contribution is 7.15. The van der Waals surface area contributed by atoms with E-state index in [0.29, 0.717) is 26.2 Å². The van der Waals surface area contributed by atoms with E-state index in [1.165, 1.54) is 11.3 Å². The number of carbonyl (C=O) groups is 2. The van der Waals surface area contributed by atoms with Crippen molar-refractivity contribution in [2.24, 2.45) is 5.73 Å². The van der Waals surface area contributed by atoms with Gasteiger partial charge in [0.2, 0.25) is 0 Å². The molecule has 0 fully saturated rings. The third kappa shape index (κ3) is 3.52. The summed E-state index contributed by atoms with van der Waals surface area (Å²) < 4.78 is 5.04. The van der Waals surface area contributed by atoms with Crippen molar-refractivity contribution >= 4 is 51.5 Å². The number of primary amides is 1. The molecule has 1 aromatic carbocycles. The number of nitrogens with two attached hydrogens (primary N) is 1. The minimum absolute atomic E-state index is 0.214. The average molecular weight is 359 g/mol. The number of hydrogen-bond donors (Lipinski definition) is 2. The minimum atomic E-state index is -0.756. The van der Waals surface area contributed by atoms with E-state index in [-0.39, 0.29) is 12.2 Å². The van der Waals surface area contributed by atoms with E-state index >= 15 is 0 Å². The van der Waals surface area contributed by atoms with E-state index in [2.05, 4.69) is 5.32 Å². The predicted octanol–water partition coefficient (Wildman–Crippen LogP) is 4.39. The molecular formula is C14H12Cl2N2O3S. The number of esters is 1. The molecule has 0 saturated carbocycles. The van der Waals surface area contributed by atoms with E-state index in [1.807, 2.05) is 0 Å². The number of carbonyl (C=O) groups excluding carboxylic acids is 2. The van der Waals surface area contributed by atoms with Gasteiger partial charge in [0.05, 0.1) is 16.7 Å². The quantitative estimate of drug-likeness (QED) is 0.795. The highest BCUT2D eigenvalue weighted by Gasteiger charge is 2.22. The van der Waals surface area contributed by atoms with Gasteiger partial charge in [-0.3, -0.25) is 5.32 Å². The van der Waals surface area contributed by atoms with Crippen molar-refractivity contribution in [3.05, 3.63) is 39.2 Å². The summed E-state index contributed by atoms with van der Waals surface area (Å²) in [6.07, 6.45) is 0. The largest absolute Gasteiger partial charge is 0.462 e. The summed E-state index contributed by atoms with van der Waals surface area (Å²) in [4.78, 5) is 23.3. The van der Waals surface area contributed by atoms with Crippen LogP contribution in [-0.4, -0.2) is 18.6 Å². The summed E-state index contributed by atoms with van der Waals surface area (Å²) in [6, 6.07) is 4.25. The highest BCUT2D eigenvalue weighted by atomic mass is 35.5. The van der Waals surface area contributed by atoms with Crippen molar-refractivity contribution in [2.75, 3.05) is 11.9 Å². The van der Waals surface area contributed by atoms with Gasteiger partial charge in [-0.1, -0.05) is 29.3 Å². The highest BCUT2D eigenvalue weighted by Crippen LogP contribution is 2.38. The normalized spacial score (nSPS) is 10.3. The van der Waals surface area contributed by atoms with Crippen molar-refractivity contribution in [2.45, 2.75) is 6.92 Å². The van der Waals surface area contributed by atoms with Crippen molar-refractivity contribution in [3.8, 4) is 11.1 Å². The Bertz CT molecular complexity index is 731. The first-order valence-corrected chi connectivity index (χ1v) is 7.88. The summed E-state index contributed by atoms with van der Waals surface area (Å²) in [5.74, 6) is -0.548. The summed E-state index contributed by atoms with van der Waals surface area (Å²) in [6.45, 7) is 1.91. The number of urea groups is 1. The van der Waals surface area contributed by atoms with Crippen LogP contribution >= 0.6 is 34.5 Å². The summed E-state index contributed by atoms with van der Waals surface area (Å²) in [5, 5.41) is 5.25. The molecule has 22 heavy (non-hydrogen) atoms. The maximum atomic E-state index is 12.2. The Labute approximate surface area is 141 Å². The van der Waals surface area contributed by atoms with Crippen LogP contribution in [0, 0.1) is 0 Å². The van der Waals surface area contributed by atoms with Crippen LogP contribution in [0.15, 0.2) is 23.6 Å². The molecule has 0 unspecified atom stereocenters. The standard InChI is InChI=1S/C14H12Cl2N2O3S/c1-2-21-13(19)11-8(6-22-12(11)18-14(17)20)7-3-4-9(15)10(16)5-7/h3-6H,2H2,1H3,(H3,17,18,20). The molecule has 2 amide bonds. The van der Waals surface area contributed by atoms with Gasteiger partial charge < -0.3 is 10.5 Å². The first-order chi connectivity index (χ1) is 10.4. The van der Waals surface area contributed by atoms with Gasteiger partial charge >= 0.3 is 12.0 Å². The predicted molar refractivity (Wildman–Crippen MR) is 88.9 cm³/mol. The van der Waals surface area contributed by atoms with Gasteiger partial charge in [0.15, 0.2) is 0 Å². The Morgan fingerprint density at radius 1 is 1.32 bits per heavy atom. The third-order valence-corrected chi connectivity index (χ3v) is 4.37. The van der Waals surface area contributed by atoms with E-state index in [9.17, 15) is 9.59 Å². The van der Waals surface area contributed by atoms with Crippen molar-refractivity contribution < 1.29 is 14.3 Å². The number of thiophene rings is 1. The lowest BCUT2D eigenvalue weighted by atomic mass is 10.0. The molecule has 5 nitrogen and oxygen atoms in total. The molecule has 0 atom stereocenters. The van der Waals surface area contributed by atoms with Gasteiger partial charge in [0.25, 0.3) is 0 Å². The van der Waals surface area contributed by atoms with Crippen LogP contribution in [0.2, 0.25) is 10.0 Å². The molecule has 1 heterocycles. The molecule has 0 spiro atoms. The maximum Gasteiger partial charge on any atom is 0.341 e. The summed E-state index contributed by atoms with van der Waals surface area (Å²) >= 11 is 13.1. The van der Waals surface area contributed by atoms with Crippen LogP contribution in [-0.2, 0) is 4.74 Å². The van der Waals surface area contributed by atoms with Crippen LogP contribution < -0.4 is 11.1 Å². The van der Waals surface area contributed by atoms with E-state index in [4.69, 9.17) is 33.7 Å². The second-order valence-corrected chi connectivity index (χ2v) is 5.89. The van der Waals surface area contributed by atoms with Gasteiger partial charge in [-0.05, 0) is 24.6 Å². The van der Waals surface area contributed by atoms with Gasteiger partial charge in [0, 0.05) is 10.9 Å². The second kappa shape index (κ2) is 7.00. The van der Waals surface area contributed by atoms with E-state index < -0.39 is 12.0 Å². The van der Waals surface area contributed by atoms with Crippen molar-refractivity contribution in [1.29, 1.82) is 0 Å². The zero-order valence-corrected chi connectivity index (χ0v) is 13.8. The molecule has 2 rings (SSSR count). The van der Waals surface area contributed by atoms with E-state index in [1.54, 1.807) is 30.5 Å². The number of halogens is 2. The first-order valence-electron chi connectivity index (χ1n) is 6.24. The Morgan fingerprint density at radius 3 is 2.64 bits per heavy atom. The van der Waals surface area contributed by atoms with Crippen LogP contribution in [0.5, 0.6) is 0 Å². The van der Waals surface area contributed by atoms with Crippen LogP contribution in [0.1, 0.15) is 17.3 Å². The minimum Gasteiger partial charge on any atom is -0.462 e. The number of hydrogen-bond acceptors (Lipinski definition) is 4. The number of nitrogens with one attached hydrogen (secondary N) is 1. The second-order valence-electron chi connectivity index (χ2n) is 4.19. The third-order valence-electron chi connectivity index (χ3n) is 2.74. The Hall–Kier alpha value is -1.76. The topological polar surface area (TPSA) is 81.4 Å². The molecule has 8 heteroatoms. The lowest BCUT2D eigenvalue weighted by Gasteiger charge is -2.08. The number of ether oxygens (including phenoxy) is 1. The molecule has 0 aliphatic rings. The zero-order valence-electron chi connectivity index (χ0n) is 11.5. The van der Waals surface area contributed by atoms with Crippen LogP contribution in [0.4, 0.5) is 9.80 Å². The number of benzene rings is 1. The summed E-state index contributed by atoms with van der Waals surface area (Å²) in [5.41, 5.74) is 6.64. The fourth-order valence-corrected chi connectivity index (χ4v) is 3.10. The van der Waals surface area contributed by atoms with Crippen LogP contribution in [0.25, 0.3) is 11.1 Å². The molecule has 2 aromatic rings. The Morgan fingerprint density at radius 2 is 2.05 bits per heavy atom. The maximum absolute atomic E-state index is 12.2. The number of anilines is 1. The molecule has 0 aliphatic carbocycles. The molecule has 0 radical (unpaired) electrons. The lowest BCUT2D eigenvalue weighted by Crippen LogP contribution is -2.20. The van der Waals surface area contributed by atoms with Gasteiger partial charge in [0.1, 0.15) is 10.6 Å². The molecule has 116 valence electrons. The number of amides is 2. The van der Waals surface area contributed by atoms with Crippen molar-refractivity contribution in [1.82, 2.24) is 0 Å². The zero-order chi connectivity index (χ0) is 16.3. The fourth-order valence-electron chi connectivity index (χ4n) is 1.84. The average Bonchev–Trinajstić information content (AvgIpc) is 2.85. The van der Waals surface area contributed by atoms with Crippen molar-refractivity contribution in [3.63, 3.8) is 0 Å². The number of rotatable bonds is 4. The monoisotopic (exact) mass is 358 g/mol. The Kier molecular flexibility index (Phi) is 5.28. The Balaban J connectivity index is 2.54. The molecule has 0 bridgehead atoms. The summed E-state index contributed by atoms with van der Waals surface area (Å²) in [7, 11) is 0. The van der Waals surface area contributed by atoms with E-state index in [0.717, 1.165) is 0 Å². The fraction of sp³-hybridized carbons (Fsp3) is 0.143. The molecular weight excluding hydrogens is 347 g/mol. The molecule has 0 saturated heterocycles. The smallest absolute Gasteiger partial charge is 0.341 e. The van der Waals surface area contributed by atoms with Gasteiger partial charge in [-0.15, -0.1) is 11.3 Å². The SMILES string of the molecule is CCOC(=O)c1c(-c2ccc(Cl)c(Cl)c2)csc1NC(N)=O. The van der Waals surface area contributed by atoms with Gasteiger partial charge in [-0.2, -0.15) is 0 Å². The molecule has 3 N–H and O–H groups in total. The lowest BCUT2D eigenvalue weighted by molar-refractivity contribution is 0.0529.